The second kappa shape index (κ2) is 7.12. The molecule has 0 saturated carbocycles. The number of nitrogens with zero attached hydrogens (tertiary/aromatic N) is 4. The Morgan fingerprint density at radius 3 is 2.88 bits per heavy atom. The molecule has 3 aromatic rings. The van der Waals surface area contributed by atoms with E-state index in [0.717, 1.165) is 48.4 Å². The highest BCUT2D eigenvalue weighted by Crippen LogP contribution is 2.23. The number of aromatic nitrogens is 3. The lowest BCUT2D eigenvalue weighted by Gasteiger charge is -2.28. The summed E-state index contributed by atoms with van der Waals surface area (Å²) in [6, 6.07) is 12.0. The lowest BCUT2D eigenvalue weighted by Crippen LogP contribution is -2.34. The first kappa shape index (κ1) is 16.5. The Bertz CT molecular complexity index is 871. The highest BCUT2D eigenvalue weighted by atomic mass is 35.5. The molecule has 1 aliphatic rings. The van der Waals surface area contributed by atoms with E-state index in [1.54, 1.807) is 10.6 Å². The molecule has 6 heteroatoms. The molecule has 0 N–H and O–H groups in total. The van der Waals surface area contributed by atoms with Crippen LogP contribution in [0.3, 0.4) is 0 Å². The number of rotatable bonds is 4. The molecule has 0 spiro atoms. The van der Waals surface area contributed by atoms with Crippen LogP contribution in [0.2, 0.25) is 5.15 Å². The second-order valence-corrected chi connectivity index (χ2v) is 6.97. The molecule has 3 heterocycles. The molecule has 1 fully saturated rings. The molecular formula is C19H21ClN4O. The molecule has 25 heavy (non-hydrogen) atoms. The third kappa shape index (κ3) is 3.68. The first-order chi connectivity index (χ1) is 12.2. The molecule has 2 aromatic heterocycles. The monoisotopic (exact) mass is 356 g/mol. The Morgan fingerprint density at radius 1 is 1.20 bits per heavy atom. The Morgan fingerprint density at radius 2 is 2.04 bits per heavy atom. The van der Waals surface area contributed by atoms with Crippen molar-refractivity contribution in [2.75, 3.05) is 20.1 Å². The largest absolute Gasteiger partial charge is 0.373 e. The third-order valence-electron chi connectivity index (χ3n) is 4.70. The van der Waals surface area contributed by atoms with E-state index in [2.05, 4.69) is 40.2 Å². The number of fused-ring (bicyclic) bond motifs is 1. The van der Waals surface area contributed by atoms with E-state index in [9.17, 15) is 0 Å². The lowest BCUT2D eigenvalue weighted by molar-refractivity contribution is 0.00215. The molecule has 0 amide bonds. The molecule has 5 nitrogen and oxygen atoms in total. The van der Waals surface area contributed by atoms with Crippen LogP contribution in [-0.2, 0) is 11.3 Å². The third-order valence-corrected chi connectivity index (χ3v) is 4.91. The van der Waals surface area contributed by atoms with Gasteiger partial charge in [-0.15, -0.1) is 0 Å². The number of hydrogen-bond donors (Lipinski definition) is 0. The van der Waals surface area contributed by atoms with E-state index in [4.69, 9.17) is 16.3 Å². The molecule has 0 unspecified atom stereocenters. The number of hydrogen-bond acceptors (Lipinski definition) is 4. The molecule has 1 aliphatic heterocycles. The average Bonchev–Trinajstić information content (AvgIpc) is 3.04. The van der Waals surface area contributed by atoms with Gasteiger partial charge in [-0.25, -0.2) is 9.50 Å². The molecular weight excluding hydrogens is 336 g/mol. The molecule has 0 atom stereocenters. The molecule has 0 aliphatic carbocycles. The van der Waals surface area contributed by atoms with E-state index in [1.807, 2.05) is 18.3 Å². The van der Waals surface area contributed by atoms with E-state index in [0.29, 0.717) is 17.9 Å². The number of likely N-dealkylation sites (tertiary alicyclic amines) is 1. The van der Waals surface area contributed by atoms with Crippen LogP contribution in [0, 0.1) is 0 Å². The molecule has 1 aromatic carbocycles. The van der Waals surface area contributed by atoms with Gasteiger partial charge in [-0.2, -0.15) is 5.10 Å². The minimum absolute atomic E-state index is 0.358. The van der Waals surface area contributed by atoms with E-state index >= 15 is 0 Å². The summed E-state index contributed by atoms with van der Waals surface area (Å²) in [5, 5.41) is 4.80. The van der Waals surface area contributed by atoms with Gasteiger partial charge in [0.1, 0.15) is 5.15 Å². The van der Waals surface area contributed by atoms with Gasteiger partial charge in [0.15, 0.2) is 5.65 Å². The van der Waals surface area contributed by atoms with Gasteiger partial charge in [-0.1, -0.05) is 29.8 Å². The van der Waals surface area contributed by atoms with E-state index < -0.39 is 0 Å². The predicted octanol–water partition coefficient (Wildman–Crippen LogP) is 3.66. The lowest BCUT2D eigenvalue weighted by atomic mass is 10.1. The fourth-order valence-electron chi connectivity index (χ4n) is 3.23. The fourth-order valence-corrected chi connectivity index (χ4v) is 3.37. The van der Waals surface area contributed by atoms with Gasteiger partial charge in [0.25, 0.3) is 0 Å². The summed E-state index contributed by atoms with van der Waals surface area (Å²) < 4.78 is 7.89. The van der Waals surface area contributed by atoms with Crippen molar-refractivity contribution in [1.82, 2.24) is 19.5 Å². The zero-order chi connectivity index (χ0) is 17.2. The van der Waals surface area contributed by atoms with Crippen molar-refractivity contribution in [3.05, 3.63) is 53.3 Å². The fraction of sp³-hybridized carbons (Fsp3) is 0.368. The second-order valence-electron chi connectivity index (χ2n) is 6.58. The van der Waals surface area contributed by atoms with Crippen LogP contribution in [0.5, 0.6) is 0 Å². The van der Waals surface area contributed by atoms with Crippen LogP contribution >= 0.6 is 11.6 Å². The number of piperidine rings is 1. The SMILES string of the molecule is CN1CCC(OCc2cccc(-c3cnc4ccc(Cl)nn34)c2)CC1. The van der Waals surface area contributed by atoms with Gasteiger partial charge in [0, 0.05) is 18.7 Å². The van der Waals surface area contributed by atoms with E-state index in [1.165, 1.54) is 0 Å². The summed E-state index contributed by atoms with van der Waals surface area (Å²) in [7, 11) is 2.16. The summed E-state index contributed by atoms with van der Waals surface area (Å²) in [6.45, 7) is 2.85. The van der Waals surface area contributed by atoms with Crippen molar-refractivity contribution in [3.63, 3.8) is 0 Å². The zero-order valence-corrected chi connectivity index (χ0v) is 15.0. The maximum absolute atomic E-state index is 6.11. The van der Waals surface area contributed by atoms with Crippen LogP contribution in [0.25, 0.3) is 16.9 Å². The highest BCUT2D eigenvalue weighted by Gasteiger charge is 2.17. The van der Waals surface area contributed by atoms with Gasteiger partial charge in [0.05, 0.1) is 24.6 Å². The van der Waals surface area contributed by atoms with Crippen molar-refractivity contribution >= 4 is 17.2 Å². The summed E-state index contributed by atoms with van der Waals surface area (Å²) >= 11 is 6.03. The van der Waals surface area contributed by atoms with Gasteiger partial charge in [0.2, 0.25) is 0 Å². The minimum Gasteiger partial charge on any atom is -0.373 e. The topological polar surface area (TPSA) is 42.7 Å². The van der Waals surface area contributed by atoms with Gasteiger partial charge in [-0.3, -0.25) is 0 Å². The van der Waals surface area contributed by atoms with Gasteiger partial charge < -0.3 is 9.64 Å². The van der Waals surface area contributed by atoms with Gasteiger partial charge >= 0.3 is 0 Å². The number of halogens is 1. The number of imidazole rings is 1. The summed E-state index contributed by atoms with van der Waals surface area (Å²) in [6.07, 6.45) is 4.39. The van der Waals surface area contributed by atoms with Crippen molar-refractivity contribution in [3.8, 4) is 11.3 Å². The maximum Gasteiger partial charge on any atom is 0.154 e. The van der Waals surface area contributed by atoms with Crippen LogP contribution in [0.15, 0.2) is 42.6 Å². The Balaban J connectivity index is 1.52. The Labute approximate surface area is 152 Å². The first-order valence-electron chi connectivity index (χ1n) is 8.59. The molecule has 0 radical (unpaired) electrons. The summed E-state index contributed by atoms with van der Waals surface area (Å²) in [5.41, 5.74) is 3.94. The zero-order valence-electron chi connectivity index (χ0n) is 14.2. The predicted molar refractivity (Wildman–Crippen MR) is 98.7 cm³/mol. The van der Waals surface area contributed by atoms with Crippen LogP contribution in [-0.4, -0.2) is 45.7 Å². The first-order valence-corrected chi connectivity index (χ1v) is 8.96. The highest BCUT2D eigenvalue weighted by molar-refractivity contribution is 6.29. The molecule has 1 saturated heterocycles. The molecule has 4 rings (SSSR count). The van der Waals surface area contributed by atoms with Crippen molar-refractivity contribution in [2.45, 2.75) is 25.6 Å². The van der Waals surface area contributed by atoms with Crippen LogP contribution in [0.1, 0.15) is 18.4 Å². The van der Waals surface area contributed by atoms with E-state index in [-0.39, 0.29) is 0 Å². The van der Waals surface area contributed by atoms with Crippen molar-refractivity contribution in [1.29, 1.82) is 0 Å². The van der Waals surface area contributed by atoms with Crippen molar-refractivity contribution in [2.24, 2.45) is 0 Å². The maximum atomic E-state index is 6.11. The Hall–Kier alpha value is -1.95. The van der Waals surface area contributed by atoms with Crippen LogP contribution in [0.4, 0.5) is 0 Å². The number of benzene rings is 1. The average molecular weight is 357 g/mol. The summed E-state index contributed by atoms with van der Waals surface area (Å²) in [5.74, 6) is 0. The molecule has 0 bridgehead atoms. The van der Waals surface area contributed by atoms with Gasteiger partial charge in [-0.05, 0) is 43.7 Å². The van der Waals surface area contributed by atoms with Crippen molar-refractivity contribution < 1.29 is 4.74 Å². The smallest absolute Gasteiger partial charge is 0.154 e. The summed E-state index contributed by atoms with van der Waals surface area (Å²) in [4.78, 5) is 6.75. The normalized spacial score (nSPS) is 16.6. The molecule has 130 valence electrons. The Kier molecular flexibility index (Phi) is 4.70. The standard InChI is InChI=1S/C19H21ClN4O/c1-23-9-7-16(8-10-23)25-13-14-3-2-4-15(11-14)17-12-21-19-6-5-18(20)22-24(17)19/h2-6,11-12,16H,7-10,13H2,1H3. The minimum atomic E-state index is 0.358. The van der Waals surface area contributed by atoms with Crippen LogP contribution < -0.4 is 0 Å². The quantitative estimate of drug-likeness (QED) is 0.715. The number of ether oxygens (including phenoxy) is 1.